The molecule has 0 aliphatic heterocycles. The van der Waals surface area contributed by atoms with Gasteiger partial charge >= 0.3 is 0 Å². The fourth-order valence-electron chi connectivity index (χ4n) is 2.27. The summed E-state index contributed by atoms with van der Waals surface area (Å²) in [5, 5.41) is 0. The Hall–Kier alpha value is -1.06. The molecule has 2 atom stereocenters. The Labute approximate surface area is 111 Å². The highest BCUT2D eigenvalue weighted by molar-refractivity contribution is 5.52. The van der Waals surface area contributed by atoms with E-state index < -0.39 is 0 Å². The molecule has 2 N–H and O–H groups in total. The first-order valence-corrected chi connectivity index (χ1v) is 6.40. The normalized spacial score (nSPS) is 16.2. The SMILES string of the molecule is COC(C)C(C)(CN)N(C)c1cc(C)cc(C)c1. The van der Waals surface area contributed by atoms with Crippen LogP contribution in [0.25, 0.3) is 0 Å². The molecule has 1 rings (SSSR count). The number of hydrogen-bond acceptors (Lipinski definition) is 3. The van der Waals surface area contributed by atoms with Crippen LogP contribution in [0, 0.1) is 13.8 Å². The van der Waals surface area contributed by atoms with Crippen LogP contribution in [0.5, 0.6) is 0 Å². The second kappa shape index (κ2) is 5.72. The van der Waals surface area contributed by atoms with Crippen molar-refractivity contribution in [3.8, 4) is 0 Å². The number of hydrogen-bond donors (Lipinski definition) is 1. The molecule has 0 spiro atoms. The summed E-state index contributed by atoms with van der Waals surface area (Å²) < 4.78 is 5.49. The molecule has 0 saturated heterocycles. The number of likely N-dealkylation sites (N-methyl/N-ethyl adjacent to an activating group) is 1. The van der Waals surface area contributed by atoms with Crippen LogP contribution in [0.15, 0.2) is 18.2 Å². The molecule has 0 aliphatic rings. The van der Waals surface area contributed by atoms with Gasteiger partial charge in [-0.05, 0) is 51.0 Å². The first-order chi connectivity index (χ1) is 8.35. The lowest BCUT2D eigenvalue weighted by Gasteiger charge is -2.43. The molecule has 0 radical (unpaired) electrons. The predicted octanol–water partition coefficient (Wildman–Crippen LogP) is 2.49. The molecule has 2 unspecified atom stereocenters. The van der Waals surface area contributed by atoms with E-state index >= 15 is 0 Å². The lowest BCUT2D eigenvalue weighted by Crippen LogP contribution is -2.57. The van der Waals surface area contributed by atoms with Crippen molar-refractivity contribution < 1.29 is 4.74 Å². The van der Waals surface area contributed by atoms with Crippen LogP contribution in [0.4, 0.5) is 5.69 Å². The van der Waals surface area contributed by atoms with E-state index in [1.165, 1.54) is 16.8 Å². The Bertz CT molecular complexity index is 385. The number of rotatable bonds is 5. The average Bonchev–Trinajstić information content (AvgIpc) is 2.34. The summed E-state index contributed by atoms with van der Waals surface area (Å²) >= 11 is 0. The summed E-state index contributed by atoms with van der Waals surface area (Å²) in [5.74, 6) is 0. The maximum atomic E-state index is 5.98. The Morgan fingerprint density at radius 2 is 1.78 bits per heavy atom. The molecule has 1 aromatic rings. The Kier molecular flexibility index (Phi) is 4.77. The Morgan fingerprint density at radius 1 is 1.28 bits per heavy atom. The van der Waals surface area contributed by atoms with Crippen LogP contribution < -0.4 is 10.6 Å². The zero-order valence-electron chi connectivity index (χ0n) is 12.4. The zero-order valence-corrected chi connectivity index (χ0v) is 12.4. The van der Waals surface area contributed by atoms with Crippen LogP contribution in [-0.2, 0) is 4.74 Å². The van der Waals surface area contributed by atoms with Crippen LogP contribution in [0.2, 0.25) is 0 Å². The van der Waals surface area contributed by atoms with Crippen LogP contribution in [-0.4, -0.2) is 32.3 Å². The molecular formula is C15H26N2O. The van der Waals surface area contributed by atoms with Gasteiger partial charge in [-0.25, -0.2) is 0 Å². The topological polar surface area (TPSA) is 38.5 Å². The van der Waals surface area contributed by atoms with Crippen molar-refractivity contribution in [1.82, 2.24) is 0 Å². The van der Waals surface area contributed by atoms with Gasteiger partial charge in [-0.1, -0.05) is 6.07 Å². The third-order valence-electron chi connectivity index (χ3n) is 4.00. The van der Waals surface area contributed by atoms with Crippen molar-refractivity contribution in [2.45, 2.75) is 39.3 Å². The highest BCUT2D eigenvalue weighted by atomic mass is 16.5. The molecule has 102 valence electrons. The van der Waals surface area contributed by atoms with E-state index in [1.807, 2.05) is 0 Å². The maximum Gasteiger partial charge on any atom is 0.0784 e. The van der Waals surface area contributed by atoms with Gasteiger partial charge in [0.05, 0.1) is 11.6 Å². The number of nitrogens with two attached hydrogens (primary N) is 1. The molecule has 3 heteroatoms. The van der Waals surface area contributed by atoms with E-state index in [2.05, 4.69) is 57.8 Å². The minimum absolute atomic E-state index is 0.0633. The molecule has 0 amide bonds. The van der Waals surface area contributed by atoms with Gasteiger partial charge < -0.3 is 15.4 Å². The van der Waals surface area contributed by atoms with Crippen molar-refractivity contribution in [2.24, 2.45) is 5.73 Å². The fourth-order valence-corrected chi connectivity index (χ4v) is 2.27. The summed E-state index contributed by atoms with van der Waals surface area (Å²) in [6.45, 7) is 8.98. The summed E-state index contributed by atoms with van der Waals surface area (Å²) in [7, 11) is 3.81. The molecule has 0 saturated carbocycles. The third-order valence-corrected chi connectivity index (χ3v) is 4.00. The number of anilines is 1. The lowest BCUT2D eigenvalue weighted by molar-refractivity contribution is 0.0579. The summed E-state index contributed by atoms with van der Waals surface area (Å²) in [5.41, 5.74) is 9.48. The average molecular weight is 250 g/mol. The van der Waals surface area contributed by atoms with E-state index in [-0.39, 0.29) is 11.6 Å². The smallest absolute Gasteiger partial charge is 0.0784 e. The molecule has 1 aromatic carbocycles. The molecule has 0 heterocycles. The van der Waals surface area contributed by atoms with Gasteiger partial charge in [0.2, 0.25) is 0 Å². The van der Waals surface area contributed by atoms with Gasteiger partial charge in [0.15, 0.2) is 0 Å². The monoisotopic (exact) mass is 250 g/mol. The number of ether oxygens (including phenoxy) is 1. The number of benzene rings is 1. The Morgan fingerprint density at radius 3 is 2.17 bits per heavy atom. The van der Waals surface area contributed by atoms with Crippen LogP contribution >= 0.6 is 0 Å². The maximum absolute atomic E-state index is 5.98. The summed E-state index contributed by atoms with van der Waals surface area (Å²) in [6, 6.07) is 6.55. The third kappa shape index (κ3) is 2.85. The summed E-state index contributed by atoms with van der Waals surface area (Å²) in [4.78, 5) is 2.22. The van der Waals surface area contributed by atoms with Gasteiger partial charge in [0.25, 0.3) is 0 Å². The van der Waals surface area contributed by atoms with E-state index in [0.717, 1.165) is 0 Å². The van der Waals surface area contributed by atoms with Crippen molar-refractivity contribution in [3.05, 3.63) is 29.3 Å². The van der Waals surface area contributed by atoms with E-state index in [4.69, 9.17) is 10.5 Å². The van der Waals surface area contributed by atoms with Crippen molar-refractivity contribution in [2.75, 3.05) is 25.6 Å². The fraction of sp³-hybridized carbons (Fsp3) is 0.600. The second-order valence-electron chi connectivity index (χ2n) is 5.34. The largest absolute Gasteiger partial charge is 0.379 e. The van der Waals surface area contributed by atoms with Crippen molar-refractivity contribution >= 4 is 5.69 Å². The zero-order chi connectivity index (χ0) is 13.9. The summed E-state index contributed by atoms with van der Waals surface area (Å²) in [6.07, 6.45) is 0.0633. The minimum atomic E-state index is -0.213. The molecule has 0 fully saturated rings. The minimum Gasteiger partial charge on any atom is -0.379 e. The molecule has 0 aliphatic carbocycles. The van der Waals surface area contributed by atoms with E-state index in [9.17, 15) is 0 Å². The number of methoxy groups -OCH3 is 1. The highest BCUT2D eigenvalue weighted by Gasteiger charge is 2.34. The first kappa shape index (κ1) is 15.0. The highest BCUT2D eigenvalue weighted by Crippen LogP contribution is 2.27. The molecule has 0 bridgehead atoms. The molecule has 3 nitrogen and oxygen atoms in total. The number of nitrogens with zero attached hydrogens (tertiary/aromatic N) is 1. The molecule has 0 aromatic heterocycles. The van der Waals surface area contributed by atoms with Gasteiger partial charge in [-0.15, -0.1) is 0 Å². The van der Waals surface area contributed by atoms with E-state index in [0.29, 0.717) is 6.54 Å². The van der Waals surface area contributed by atoms with E-state index in [1.54, 1.807) is 7.11 Å². The van der Waals surface area contributed by atoms with Gasteiger partial charge in [0.1, 0.15) is 0 Å². The second-order valence-corrected chi connectivity index (χ2v) is 5.34. The molecular weight excluding hydrogens is 224 g/mol. The van der Waals surface area contributed by atoms with Crippen molar-refractivity contribution in [1.29, 1.82) is 0 Å². The standard InChI is InChI=1S/C15H26N2O/c1-11-7-12(2)9-14(8-11)17(5)15(4,10-16)13(3)18-6/h7-9,13H,10,16H2,1-6H3. The van der Waals surface area contributed by atoms with Crippen LogP contribution in [0.3, 0.4) is 0 Å². The number of aryl methyl sites for hydroxylation is 2. The van der Waals surface area contributed by atoms with Crippen LogP contribution in [0.1, 0.15) is 25.0 Å². The first-order valence-electron chi connectivity index (χ1n) is 6.40. The quantitative estimate of drug-likeness (QED) is 0.872. The van der Waals surface area contributed by atoms with Gasteiger partial charge in [-0.2, -0.15) is 0 Å². The van der Waals surface area contributed by atoms with Gasteiger partial charge in [0, 0.05) is 26.4 Å². The predicted molar refractivity (Wildman–Crippen MR) is 78.2 cm³/mol. The lowest BCUT2D eigenvalue weighted by atomic mass is 9.92. The van der Waals surface area contributed by atoms with Crippen molar-refractivity contribution in [3.63, 3.8) is 0 Å². The van der Waals surface area contributed by atoms with Gasteiger partial charge in [-0.3, -0.25) is 0 Å². The molecule has 18 heavy (non-hydrogen) atoms. The Balaban J connectivity index is 3.14.